The average molecular weight is 496 g/mol. The number of anilines is 1. The zero-order valence-electron chi connectivity index (χ0n) is 13.2. The van der Waals surface area contributed by atoms with Crippen molar-refractivity contribution >= 4 is 64.8 Å². The van der Waals surface area contributed by atoms with Crippen LogP contribution in [0.2, 0.25) is 0 Å². The predicted molar refractivity (Wildman–Crippen MR) is 104 cm³/mol. The molecule has 5 nitrogen and oxygen atoms in total. The van der Waals surface area contributed by atoms with Gasteiger partial charge in [-0.15, -0.1) is 11.3 Å². The molecule has 0 unspecified atom stereocenters. The van der Waals surface area contributed by atoms with Gasteiger partial charge in [-0.1, -0.05) is 12.1 Å². The maximum atomic E-state index is 12.6. The van der Waals surface area contributed by atoms with E-state index in [1.165, 1.54) is 17.4 Å². The van der Waals surface area contributed by atoms with Gasteiger partial charge in [0.05, 0.1) is 14.4 Å². The molecular formula is C15H16Br2N2O3S2. The van der Waals surface area contributed by atoms with E-state index in [1.54, 1.807) is 45.0 Å². The molecular weight excluding hydrogens is 480 g/mol. The Kier molecular flexibility index (Phi) is 5.91. The monoisotopic (exact) mass is 494 g/mol. The van der Waals surface area contributed by atoms with E-state index in [2.05, 4.69) is 41.9 Å². The van der Waals surface area contributed by atoms with Crippen LogP contribution in [0.15, 0.2) is 43.5 Å². The minimum Gasteiger partial charge on any atom is -0.320 e. The fraction of sp³-hybridized carbons (Fsp3) is 0.267. The number of benzene rings is 1. The number of amides is 1. The van der Waals surface area contributed by atoms with Gasteiger partial charge >= 0.3 is 0 Å². The molecule has 1 amide bonds. The molecule has 0 atom stereocenters. The summed E-state index contributed by atoms with van der Waals surface area (Å²) in [5.41, 5.74) is -0.390. The second-order valence-electron chi connectivity index (χ2n) is 6.04. The van der Waals surface area contributed by atoms with E-state index >= 15 is 0 Å². The standard InChI is InChI=1S/C15H16Br2N2O3S2/c1-15(2,3)19-24(21,22)12-7-5-4-6-10(12)18-14(20)11-8-9(16)13(17)23-11/h4-8,19H,1-3H3,(H,18,20). The zero-order chi connectivity index (χ0) is 18.1. The summed E-state index contributed by atoms with van der Waals surface area (Å²) in [6.07, 6.45) is 0. The minimum atomic E-state index is -3.76. The van der Waals surface area contributed by atoms with Gasteiger partial charge in [-0.3, -0.25) is 4.79 Å². The van der Waals surface area contributed by atoms with Crippen molar-refractivity contribution in [3.63, 3.8) is 0 Å². The first-order valence-corrected chi connectivity index (χ1v) is 10.8. The lowest BCUT2D eigenvalue weighted by Crippen LogP contribution is -2.40. The Labute approximate surface area is 162 Å². The molecule has 0 saturated heterocycles. The van der Waals surface area contributed by atoms with Gasteiger partial charge in [0.25, 0.3) is 5.91 Å². The number of halogens is 2. The van der Waals surface area contributed by atoms with Gasteiger partial charge in [0, 0.05) is 10.0 Å². The summed E-state index contributed by atoms with van der Waals surface area (Å²) in [7, 11) is -3.76. The number of para-hydroxylation sites is 1. The molecule has 0 bridgehead atoms. The summed E-state index contributed by atoms with van der Waals surface area (Å²) < 4.78 is 29.3. The number of rotatable bonds is 4. The third-order valence-electron chi connectivity index (χ3n) is 2.73. The Morgan fingerprint density at radius 1 is 1.17 bits per heavy atom. The van der Waals surface area contributed by atoms with Crippen LogP contribution in [-0.4, -0.2) is 19.9 Å². The molecule has 0 saturated carbocycles. The van der Waals surface area contributed by atoms with Crippen LogP contribution < -0.4 is 10.0 Å². The van der Waals surface area contributed by atoms with Gasteiger partial charge < -0.3 is 5.32 Å². The van der Waals surface area contributed by atoms with Crippen LogP contribution in [0.25, 0.3) is 0 Å². The van der Waals surface area contributed by atoms with Crippen LogP contribution in [0.5, 0.6) is 0 Å². The second-order valence-corrected chi connectivity index (χ2v) is 10.9. The largest absolute Gasteiger partial charge is 0.320 e. The normalized spacial score (nSPS) is 12.2. The van der Waals surface area contributed by atoms with E-state index < -0.39 is 15.6 Å². The maximum absolute atomic E-state index is 12.6. The summed E-state index contributed by atoms with van der Waals surface area (Å²) in [6, 6.07) is 7.99. The highest BCUT2D eigenvalue weighted by molar-refractivity contribution is 9.13. The lowest BCUT2D eigenvalue weighted by molar-refractivity contribution is 0.103. The second kappa shape index (κ2) is 7.25. The van der Waals surface area contributed by atoms with Crippen molar-refractivity contribution in [2.75, 3.05) is 5.32 Å². The number of carbonyl (C=O) groups excluding carboxylic acids is 1. The number of nitrogens with one attached hydrogen (secondary N) is 2. The van der Waals surface area contributed by atoms with Crippen molar-refractivity contribution < 1.29 is 13.2 Å². The highest BCUT2D eigenvalue weighted by Crippen LogP contribution is 2.33. The van der Waals surface area contributed by atoms with Gasteiger partial charge in [0.1, 0.15) is 4.90 Å². The van der Waals surface area contributed by atoms with Gasteiger partial charge in [0.2, 0.25) is 10.0 Å². The van der Waals surface area contributed by atoms with Crippen LogP contribution in [-0.2, 0) is 10.0 Å². The van der Waals surface area contributed by atoms with Crippen molar-refractivity contribution in [3.05, 3.63) is 43.5 Å². The van der Waals surface area contributed by atoms with Gasteiger partial charge in [-0.25, -0.2) is 13.1 Å². The molecule has 2 N–H and O–H groups in total. The van der Waals surface area contributed by atoms with Crippen LogP contribution in [0.3, 0.4) is 0 Å². The number of sulfonamides is 1. The molecule has 0 fully saturated rings. The van der Waals surface area contributed by atoms with Crippen LogP contribution in [0.4, 0.5) is 5.69 Å². The Hall–Kier alpha value is -0.740. The van der Waals surface area contributed by atoms with E-state index in [4.69, 9.17) is 0 Å². The molecule has 0 aliphatic heterocycles. The topological polar surface area (TPSA) is 75.3 Å². The quantitative estimate of drug-likeness (QED) is 0.650. The minimum absolute atomic E-state index is 0.0305. The SMILES string of the molecule is CC(C)(C)NS(=O)(=O)c1ccccc1NC(=O)c1cc(Br)c(Br)s1. The Bertz CT molecular complexity index is 852. The van der Waals surface area contributed by atoms with Crippen molar-refractivity contribution in [2.45, 2.75) is 31.2 Å². The van der Waals surface area contributed by atoms with E-state index in [1.807, 2.05) is 0 Å². The lowest BCUT2D eigenvalue weighted by atomic mass is 10.1. The molecule has 2 rings (SSSR count). The number of hydrogen-bond acceptors (Lipinski definition) is 4. The number of thiophene rings is 1. The predicted octanol–water partition coefficient (Wildman–Crippen LogP) is 4.60. The summed E-state index contributed by atoms with van der Waals surface area (Å²) in [4.78, 5) is 12.9. The van der Waals surface area contributed by atoms with E-state index in [0.717, 1.165) is 8.26 Å². The fourth-order valence-electron chi connectivity index (χ4n) is 1.90. The molecule has 1 aromatic heterocycles. The Balaban J connectivity index is 2.34. The molecule has 0 aliphatic carbocycles. The summed E-state index contributed by atoms with van der Waals surface area (Å²) in [6.45, 7) is 5.27. The molecule has 24 heavy (non-hydrogen) atoms. The summed E-state index contributed by atoms with van der Waals surface area (Å²) in [5.74, 6) is -0.371. The maximum Gasteiger partial charge on any atom is 0.265 e. The van der Waals surface area contributed by atoms with E-state index in [0.29, 0.717) is 4.88 Å². The molecule has 130 valence electrons. The van der Waals surface area contributed by atoms with Crippen LogP contribution in [0, 0.1) is 0 Å². The van der Waals surface area contributed by atoms with E-state index in [9.17, 15) is 13.2 Å². The first-order chi connectivity index (χ1) is 11.0. The average Bonchev–Trinajstić information content (AvgIpc) is 2.76. The molecule has 1 heterocycles. The highest BCUT2D eigenvalue weighted by atomic mass is 79.9. The first kappa shape index (κ1) is 19.6. The number of hydrogen-bond donors (Lipinski definition) is 2. The number of carbonyl (C=O) groups is 1. The third-order valence-corrected chi connectivity index (χ3v) is 7.81. The Morgan fingerprint density at radius 3 is 2.33 bits per heavy atom. The Morgan fingerprint density at radius 2 is 1.79 bits per heavy atom. The van der Waals surface area contributed by atoms with Crippen molar-refractivity contribution in [1.29, 1.82) is 0 Å². The molecule has 0 radical (unpaired) electrons. The van der Waals surface area contributed by atoms with Gasteiger partial charge in [0.15, 0.2) is 0 Å². The van der Waals surface area contributed by atoms with E-state index in [-0.39, 0.29) is 16.5 Å². The third kappa shape index (κ3) is 4.89. The first-order valence-electron chi connectivity index (χ1n) is 6.89. The summed E-state index contributed by atoms with van der Waals surface area (Å²) in [5, 5.41) is 2.67. The van der Waals surface area contributed by atoms with Crippen LogP contribution >= 0.6 is 43.2 Å². The van der Waals surface area contributed by atoms with Crippen molar-refractivity contribution in [2.24, 2.45) is 0 Å². The molecule has 1 aromatic carbocycles. The van der Waals surface area contributed by atoms with Gasteiger partial charge in [-0.05, 0) is 70.8 Å². The molecule has 9 heteroatoms. The lowest BCUT2D eigenvalue weighted by Gasteiger charge is -2.21. The summed E-state index contributed by atoms with van der Waals surface area (Å²) >= 11 is 7.92. The molecule has 0 spiro atoms. The van der Waals surface area contributed by atoms with Crippen molar-refractivity contribution in [1.82, 2.24) is 4.72 Å². The van der Waals surface area contributed by atoms with Gasteiger partial charge in [-0.2, -0.15) is 0 Å². The zero-order valence-corrected chi connectivity index (χ0v) is 18.0. The highest BCUT2D eigenvalue weighted by Gasteiger charge is 2.25. The fourth-order valence-corrected chi connectivity index (χ4v) is 5.42. The molecule has 2 aromatic rings. The molecule has 0 aliphatic rings. The van der Waals surface area contributed by atoms with Crippen molar-refractivity contribution in [3.8, 4) is 0 Å². The smallest absolute Gasteiger partial charge is 0.265 e. The van der Waals surface area contributed by atoms with Crippen LogP contribution in [0.1, 0.15) is 30.4 Å².